The standard InChI is InChI=1S/C32H44N8O5.CH2O2/c1-6-28-34-20(4)27(36-28)18-40-13-12-33-30(42)25(15-22-10-8-7-9-11-22)38-31(43)24(14-19(2)3)37-29(41)21(5)35-32(44)26-16-23(17-40)45-39-26;2-1-3/h7-11,16,19,21,24-25H,6,12-15,17-18H2,1-5H3,(H,33,42)(H,34,36)(H,35,44)(H,37,41)(H,38,43);1H,(H,2,3)/t21-,24-,25-;/m1./s1. The maximum absolute atomic E-state index is 13.6. The fraction of sp³-hybridized carbons (Fsp3) is 0.485. The summed E-state index contributed by atoms with van der Waals surface area (Å²) in [7, 11) is 0. The van der Waals surface area contributed by atoms with Gasteiger partial charge in [0.2, 0.25) is 17.7 Å². The van der Waals surface area contributed by atoms with Crippen molar-refractivity contribution in [3.63, 3.8) is 0 Å². The molecule has 2 bridgehead atoms. The van der Waals surface area contributed by atoms with Crippen LogP contribution in [-0.4, -0.2) is 86.4 Å². The summed E-state index contributed by atoms with van der Waals surface area (Å²) in [6, 6.07) is 8.21. The zero-order valence-electron chi connectivity index (χ0n) is 28.0. The number of imidazole rings is 1. The van der Waals surface area contributed by atoms with E-state index in [0.717, 1.165) is 29.2 Å². The van der Waals surface area contributed by atoms with Gasteiger partial charge in [-0.2, -0.15) is 0 Å². The highest BCUT2D eigenvalue weighted by Gasteiger charge is 2.30. The third kappa shape index (κ3) is 11.3. The summed E-state index contributed by atoms with van der Waals surface area (Å²) >= 11 is 0. The van der Waals surface area contributed by atoms with E-state index in [1.807, 2.05) is 62.9 Å². The largest absolute Gasteiger partial charge is 0.483 e. The van der Waals surface area contributed by atoms with Gasteiger partial charge in [0.15, 0.2) is 11.5 Å². The molecule has 0 aliphatic carbocycles. The van der Waals surface area contributed by atoms with Gasteiger partial charge < -0.3 is 35.9 Å². The summed E-state index contributed by atoms with van der Waals surface area (Å²) in [6.07, 6.45) is 1.37. The minimum Gasteiger partial charge on any atom is -0.483 e. The first-order valence-corrected chi connectivity index (χ1v) is 16.0. The highest BCUT2D eigenvalue weighted by Crippen LogP contribution is 2.14. The maximum Gasteiger partial charge on any atom is 0.290 e. The average molecular weight is 667 g/mol. The Morgan fingerprint density at radius 2 is 1.73 bits per heavy atom. The molecular weight excluding hydrogens is 620 g/mol. The van der Waals surface area contributed by atoms with Crippen LogP contribution >= 0.6 is 0 Å². The second-order valence-corrected chi connectivity index (χ2v) is 12.0. The van der Waals surface area contributed by atoms with Crippen molar-refractivity contribution < 1.29 is 33.6 Å². The molecular formula is C33H46N8O7. The van der Waals surface area contributed by atoms with Crippen LogP contribution in [0.5, 0.6) is 0 Å². The number of fused-ring (bicyclic) bond motifs is 2. The predicted molar refractivity (Wildman–Crippen MR) is 175 cm³/mol. The molecule has 1 aliphatic rings. The van der Waals surface area contributed by atoms with Crippen LogP contribution in [0.25, 0.3) is 0 Å². The lowest BCUT2D eigenvalue weighted by atomic mass is 10.0. The highest BCUT2D eigenvalue weighted by atomic mass is 16.5. The minimum absolute atomic E-state index is 0.0310. The molecule has 4 amide bonds. The number of aromatic amines is 1. The Morgan fingerprint density at radius 1 is 1.04 bits per heavy atom. The van der Waals surface area contributed by atoms with Gasteiger partial charge in [-0.1, -0.05) is 56.3 Å². The number of hydrogen-bond acceptors (Lipinski definition) is 9. The second-order valence-electron chi connectivity index (χ2n) is 12.0. The van der Waals surface area contributed by atoms with E-state index in [-0.39, 0.29) is 37.0 Å². The number of aryl methyl sites for hydroxylation is 2. The molecule has 1 aromatic carbocycles. The molecule has 3 aromatic rings. The lowest BCUT2D eigenvalue weighted by Gasteiger charge is -2.26. The molecule has 4 rings (SSSR count). The molecule has 15 nitrogen and oxygen atoms in total. The fourth-order valence-corrected chi connectivity index (χ4v) is 5.15. The van der Waals surface area contributed by atoms with Gasteiger partial charge in [-0.25, -0.2) is 4.98 Å². The van der Waals surface area contributed by atoms with Gasteiger partial charge in [-0.05, 0) is 31.7 Å². The molecule has 3 heterocycles. The topological polar surface area (TPSA) is 212 Å². The van der Waals surface area contributed by atoms with Crippen molar-refractivity contribution >= 4 is 30.1 Å². The molecule has 1 aliphatic heterocycles. The molecule has 0 spiro atoms. The smallest absolute Gasteiger partial charge is 0.290 e. The van der Waals surface area contributed by atoms with E-state index >= 15 is 0 Å². The third-order valence-corrected chi connectivity index (χ3v) is 7.64. The van der Waals surface area contributed by atoms with E-state index in [2.05, 4.69) is 31.4 Å². The predicted octanol–water partition coefficient (Wildman–Crippen LogP) is 1.48. The summed E-state index contributed by atoms with van der Waals surface area (Å²) in [4.78, 5) is 71.6. The molecule has 0 fully saturated rings. The van der Waals surface area contributed by atoms with E-state index in [4.69, 9.17) is 19.4 Å². The van der Waals surface area contributed by atoms with Crippen molar-refractivity contribution in [1.82, 2.24) is 41.3 Å². The summed E-state index contributed by atoms with van der Waals surface area (Å²) in [6.45, 7) is 10.6. The van der Waals surface area contributed by atoms with Crippen molar-refractivity contribution in [3.8, 4) is 0 Å². The fourth-order valence-electron chi connectivity index (χ4n) is 5.15. The lowest BCUT2D eigenvalue weighted by molar-refractivity contribution is -0.132. The summed E-state index contributed by atoms with van der Waals surface area (Å²) in [5.74, 6) is -0.535. The van der Waals surface area contributed by atoms with E-state index in [0.29, 0.717) is 31.8 Å². The molecule has 0 saturated heterocycles. The van der Waals surface area contributed by atoms with Crippen molar-refractivity contribution in [3.05, 3.63) is 70.6 Å². The monoisotopic (exact) mass is 666 g/mol. The summed E-state index contributed by atoms with van der Waals surface area (Å²) in [5, 5.41) is 22.1. The number of H-pyrrole nitrogens is 1. The van der Waals surface area contributed by atoms with Crippen molar-refractivity contribution in [2.75, 3.05) is 13.1 Å². The minimum atomic E-state index is -0.964. The Labute approximate surface area is 279 Å². The second kappa shape index (κ2) is 18.3. The van der Waals surface area contributed by atoms with Crippen LogP contribution in [0.1, 0.15) is 73.1 Å². The number of carbonyl (C=O) groups is 5. The quantitative estimate of drug-likeness (QED) is 0.200. The number of aromatic nitrogens is 3. The summed E-state index contributed by atoms with van der Waals surface area (Å²) in [5.41, 5.74) is 2.72. The number of carboxylic acid groups (broad SMARTS) is 1. The van der Waals surface area contributed by atoms with Crippen LogP contribution in [0.3, 0.4) is 0 Å². The summed E-state index contributed by atoms with van der Waals surface area (Å²) < 4.78 is 5.49. The number of hydrogen-bond donors (Lipinski definition) is 6. The number of nitrogens with zero attached hydrogens (tertiary/aromatic N) is 3. The van der Waals surface area contributed by atoms with Gasteiger partial charge >= 0.3 is 0 Å². The molecule has 0 unspecified atom stereocenters. The molecule has 260 valence electrons. The van der Waals surface area contributed by atoms with Gasteiger partial charge in [-0.3, -0.25) is 28.9 Å². The first kappa shape index (κ1) is 37.4. The van der Waals surface area contributed by atoms with E-state index in [1.54, 1.807) is 0 Å². The van der Waals surface area contributed by atoms with Crippen molar-refractivity contribution in [1.29, 1.82) is 0 Å². The normalized spacial score (nSPS) is 19.9. The van der Waals surface area contributed by atoms with Gasteiger partial charge in [-0.15, -0.1) is 0 Å². The number of benzene rings is 1. The average Bonchev–Trinajstić information content (AvgIpc) is 3.66. The van der Waals surface area contributed by atoms with Crippen LogP contribution in [-0.2, 0) is 45.1 Å². The number of carbonyl (C=O) groups excluding carboxylic acids is 4. The van der Waals surface area contributed by atoms with Crippen LogP contribution < -0.4 is 21.3 Å². The number of amides is 4. The number of rotatable bonds is 7. The van der Waals surface area contributed by atoms with Crippen LogP contribution in [0.15, 0.2) is 40.9 Å². The third-order valence-electron chi connectivity index (χ3n) is 7.64. The van der Waals surface area contributed by atoms with Crippen LogP contribution in [0.4, 0.5) is 0 Å². The first-order valence-electron chi connectivity index (χ1n) is 16.0. The zero-order chi connectivity index (χ0) is 35.2. The molecule has 2 aromatic heterocycles. The van der Waals surface area contributed by atoms with Gasteiger partial charge in [0.1, 0.15) is 23.9 Å². The Morgan fingerprint density at radius 3 is 2.38 bits per heavy atom. The van der Waals surface area contributed by atoms with Crippen LogP contribution in [0.2, 0.25) is 0 Å². The van der Waals surface area contributed by atoms with E-state index in [1.165, 1.54) is 13.0 Å². The lowest BCUT2D eigenvalue weighted by Crippen LogP contribution is -2.57. The molecule has 15 heteroatoms. The Hall–Kier alpha value is -5.05. The number of nitrogens with one attached hydrogen (secondary N) is 5. The van der Waals surface area contributed by atoms with Crippen LogP contribution in [0, 0.1) is 12.8 Å². The van der Waals surface area contributed by atoms with E-state index in [9.17, 15) is 19.2 Å². The van der Waals surface area contributed by atoms with Crippen molar-refractivity contribution in [2.45, 2.75) is 85.1 Å². The zero-order valence-corrected chi connectivity index (χ0v) is 28.0. The Balaban J connectivity index is 0.00000201. The molecule has 6 N–H and O–H groups in total. The van der Waals surface area contributed by atoms with Gasteiger partial charge in [0.05, 0.1) is 12.2 Å². The molecule has 0 saturated carbocycles. The molecule has 0 radical (unpaired) electrons. The van der Waals surface area contributed by atoms with Crippen molar-refractivity contribution in [2.24, 2.45) is 5.92 Å². The van der Waals surface area contributed by atoms with Gasteiger partial charge in [0, 0.05) is 44.2 Å². The Bertz CT molecular complexity index is 1520. The molecule has 48 heavy (non-hydrogen) atoms. The molecule has 3 atom stereocenters. The van der Waals surface area contributed by atoms with Gasteiger partial charge in [0.25, 0.3) is 12.4 Å². The first-order chi connectivity index (χ1) is 22.9. The SMILES string of the molecule is CCc1nc(CN2CCNC(=O)[C@@H](Cc3ccccc3)NC(=O)[C@@H](CC(C)C)NC(=O)[C@@H](C)NC(=O)c3cc(on3)C2)c(C)[nH]1.O=CO. The Kier molecular flexibility index (Phi) is 14.3. The maximum atomic E-state index is 13.6. The van der Waals surface area contributed by atoms with E-state index < -0.39 is 35.8 Å². The highest BCUT2D eigenvalue weighted by molar-refractivity contribution is 5.97.